The van der Waals surface area contributed by atoms with E-state index in [9.17, 15) is 0 Å². The van der Waals surface area contributed by atoms with Crippen LogP contribution in [0.1, 0.15) is 39.9 Å². The quantitative estimate of drug-likeness (QED) is 0.930. The summed E-state index contributed by atoms with van der Waals surface area (Å²) in [5.74, 6) is 1.79. The fraction of sp³-hybridized carbons (Fsp3) is 0.500. The molecule has 20 heavy (non-hydrogen) atoms. The van der Waals surface area contributed by atoms with Crippen LogP contribution in [0.25, 0.3) is 0 Å². The molecule has 1 aromatic heterocycles. The first kappa shape index (κ1) is 14.7. The number of hydrogen-bond donors (Lipinski definition) is 1. The molecule has 1 N–H and O–H groups in total. The molecule has 108 valence electrons. The highest BCUT2D eigenvalue weighted by Crippen LogP contribution is 2.24. The Bertz CT molecular complexity index is 590. The second kappa shape index (κ2) is 5.75. The van der Waals surface area contributed by atoms with Crippen molar-refractivity contribution in [1.82, 2.24) is 20.1 Å². The van der Waals surface area contributed by atoms with Gasteiger partial charge in [-0.15, -0.1) is 0 Å². The van der Waals surface area contributed by atoms with Crippen LogP contribution in [0, 0.1) is 34.6 Å². The number of nitrogens with one attached hydrogen (secondary N) is 1. The maximum atomic E-state index is 4.47. The van der Waals surface area contributed by atoms with E-state index in [1.807, 2.05) is 25.6 Å². The van der Waals surface area contributed by atoms with Gasteiger partial charge in [-0.3, -0.25) is 0 Å². The summed E-state index contributed by atoms with van der Waals surface area (Å²) in [6, 6.07) is 4.73. The minimum Gasteiger partial charge on any atom is -0.311 e. The minimum atomic E-state index is 0.246. The number of nitrogens with zero attached hydrogens (tertiary/aromatic N) is 3. The largest absolute Gasteiger partial charge is 0.311 e. The van der Waals surface area contributed by atoms with Crippen LogP contribution in [-0.2, 0) is 6.54 Å². The predicted octanol–water partition coefficient (Wildman–Crippen LogP) is 2.78. The summed E-state index contributed by atoms with van der Waals surface area (Å²) in [4.78, 5) is 4.38. The van der Waals surface area contributed by atoms with Crippen molar-refractivity contribution in [3.05, 3.63) is 46.0 Å². The fourth-order valence-corrected chi connectivity index (χ4v) is 2.97. The number of benzene rings is 1. The molecule has 1 unspecified atom stereocenters. The lowest BCUT2D eigenvalue weighted by Gasteiger charge is -2.22. The van der Waals surface area contributed by atoms with E-state index in [2.05, 4.69) is 48.3 Å². The molecule has 1 atom stereocenters. The molecule has 2 aromatic rings. The summed E-state index contributed by atoms with van der Waals surface area (Å²) in [6.07, 6.45) is 0. The molecule has 4 heteroatoms. The molecule has 0 bridgehead atoms. The lowest BCUT2D eigenvalue weighted by atomic mass is 9.94. The summed E-state index contributed by atoms with van der Waals surface area (Å²) in [5.41, 5.74) is 5.34. The highest BCUT2D eigenvalue weighted by molar-refractivity contribution is 5.39. The Morgan fingerprint density at radius 1 is 1.10 bits per heavy atom. The van der Waals surface area contributed by atoms with Gasteiger partial charge in [0.25, 0.3) is 0 Å². The van der Waals surface area contributed by atoms with Gasteiger partial charge in [-0.25, -0.2) is 9.67 Å². The van der Waals surface area contributed by atoms with Gasteiger partial charge in [0.05, 0.1) is 12.6 Å². The Morgan fingerprint density at radius 2 is 1.70 bits per heavy atom. The molecule has 1 heterocycles. The van der Waals surface area contributed by atoms with Gasteiger partial charge in [-0.2, -0.15) is 5.10 Å². The van der Waals surface area contributed by atoms with E-state index in [0.717, 1.165) is 18.2 Å². The standard InChI is InChI=1S/C16H24N4/c1-10-7-11(2)16(12(3)8-10)15(17-6)9-20-14(5)18-13(4)19-20/h7-8,15,17H,9H2,1-6H3. The van der Waals surface area contributed by atoms with Crippen LogP contribution in [0.2, 0.25) is 0 Å². The number of likely N-dealkylation sites (N-methyl/N-ethyl adjacent to an activating group) is 1. The lowest BCUT2D eigenvalue weighted by molar-refractivity contribution is 0.455. The molecular formula is C16H24N4. The van der Waals surface area contributed by atoms with E-state index in [4.69, 9.17) is 0 Å². The molecule has 1 aromatic carbocycles. The van der Waals surface area contributed by atoms with Crippen molar-refractivity contribution in [2.24, 2.45) is 0 Å². The minimum absolute atomic E-state index is 0.246. The third-order valence-corrected chi connectivity index (χ3v) is 3.75. The molecule has 0 saturated heterocycles. The van der Waals surface area contributed by atoms with Crippen molar-refractivity contribution in [3.63, 3.8) is 0 Å². The fourth-order valence-electron chi connectivity index (χ4n) is 2.97. The average molecular weight is 272 g/mol. The van der Waals surface area contributed by atoms with Crippen LogP contribution in [0.3, 0.4) is 0 Å². The molecule has 2 rings (SSSR count). The molecule has 0 spiro atoms. The van der Waals surface area contributed by atoms with Gasteiger partial charge < -0.3 is 5.32 Å². The topological polar surface area (TPSA) is 42.7 Å². The number of aromatic nitrogens is 3. The maximum absolute atomic E-state index is 4.47. The third-order valence-electron chi connectivity index (χ3n) is 3.75. The zero-order valence-corrected chi connectivity index (χ0v) is 13.3. The zero-order valence-electron chi connectivity index (χ0n) is 13.3. The first-order valence-corrected chi connectivity index (χ1v) is 7.05. The number of aryl methyl sites for hydroxylation is 5. The number of hydrogen-bond acceptors (Lipinski definition) is 3. The number of rotatable bonds is 4. The first-order chi connectivity index (χ1) is 9.42. The highest BCUT2D eigenvalue weighted by Gasteiger charge is 2.17. The molecule has 0 aliphatic carbocycles. The molecule has 0 fully saturated rings. The van der Waals surface area contributed by atoms with Gasteiger partial charge in [0.1, 0.15) is 11.6 Å². The molecule has 4 nitrogen and oxygen atoms in total. The van der Waals surface area contributed by atoms with Crippen LogP contribution in [0.15, 0.2) is 12.1 Å². The van der Waals surface area contributed by atoms with Crippen LogP contribution in [0.5, 0.6) is 0 Å². The monoisotopic (exact) mass is 272 g/mol. The van der Waals surface area contributed by atoms with Crippen LogP contribution >= 0.6 is 0 Å². The van der Waals surface area contributed by atoms with Crippen LogP contribution in [-0.4, -0.2) is 21.8 Å². The van der Waals surface area contributed by atoms with Crippen molar-refractivity contribution in [3.8, 4) is 0 Å². The normalized spacial score (nSPS) is 12.7. The van der Waals surface area contributed by atoms with E-state index in [1.54, 1.807) is 0 Å². The Kier molecular flexibility index (Phi) is 4.23. The average Bonchev–Trinajstić information content (AvgIpc) is 2.65. The van der Waals surface area contributed by atoms with E-state index in [0.29, 0.717) is 0 Å². The molecule has 0 radical (unpaired) electrons. The van der Waals surface area contributed by atoms with Gasteiger partial charge >= 0.3 is 0 Å². The molecular weight excluding hydrogens is 248 g/mol. The Balaban J connectivity index is 2.36. The van der Waals surface area contributed by atoms with Crippen molar-refractivity contribution in [2.45, 2.75) is 47.2 Å². The van der Waals surface area contributed by atoms with Crippen molar-refractivity contribution < 1.29 is 0 Å². The Hall–Kier alpha value is -1.68. The molecule has 0 saturated carbocycles. The Labute approximate surface area is 121 Å². The first-order valence-electron chi connectivity index (χ1n) is 7.05. The predicted molar refractivity (Wildman–Crippen MR) is 81.9 cm³/mol. The van der Waals surface area contributed by atoms with E-state index < -0.39 is 0 Å². The zero-order chi connectivity index (χ0) is 14.9. The van der Waals surface area contributed by atoms with Gasteiger partial charge in [0.2, 0.25) is 0 Å². The van der Waals surface area contributed by atoms with Gasteiger partial charge in [-0.05, 0) is 58.4 Å². The summed E-state index contributed by atoms with van der Waals surface area (Å²) in [5, 5.41) is 7.88. The summed E-state index contributed by atoms with van der Waals surface area (Å²) >= 11 is 0. The van der Waals surface area contributed by atoms with Crippen LogP contribution < -0.4 is 5.32 Å². The van der Waals surface area contributed by atoms with Crippen molar-refractivity contribution in [1.29, 1.82) is 0 Å². The lowest BCUT2D eigenvalue weighted by Crippen LogP contribution is -2.25. The SMILES string of the molecule is CNC(Cn1nc(C)nc1C)c1c(C)cc(C)cc1C. The van der Waals surface area contributed by atoms with E-state index in [1.165, 1.54) is 22.3 Å². The van der Waals surface area contributed by atoms with Crippen molar-refractivity contribution in [2.75, 3.05) is 7.05 Å². The van der Waals surface area contributed by atoms with E-state index >= 15 is 0 Å². The highest BCUT2D eigenvalue weighted by atomic mass is 15.3. The van der Waals surface area contributed by atoms with E-state index in [-0.39, 0.29) is 6.04 Å². The summed E-state index contributed by atoms with van der Waals surface area (Å²) in [7, 11) is 2.00. The van der Waals surface area contributed by atoms with Crippen molar-refractivity contribution >= 4 is 0 Å². The molecule has 0 aliphatic rings. The van der Waals surface area contributed by atoms with Crippen LogP contribution in [0.4, 0.5) is 0 Å². The third kappa shape index (κ3) is 2.90. The summed E-state index contributed by atoms with van der Waals surface area (Å²) < 4.78 is 1.98. The Morgan fingerprint density at radius 3 is 2.15 bits per heavy atom. The molecule has 0 amide bonds. The second-order valence-corrected chi connectivity index (χ2v) is 5.54. The van der Waals surface area contributed by atoms with Gasteiger partial charge in [0.15, 0.2) is 0 Å². The smallest absolute Gasteiger partial charge is 0.147 e. The van der Waals surface area contributed by atoms with Gasteiger partial charge in [0, 0.05) is 0 Å². The summed E-state index contributed by atoms with van der Waals surface area (Å²) in [6.45, 7) is 11.2. The van der Waals surface area contributed by atoms with Gasteiger partial charge in [-0.1, -0.05) is 17.7 Å². The maximum Gasteiger partial charge on any atom is 0.147 e. The molecule has 0 aliphatic heterocycles. The second-order valence-electron chi connectivity index (χ2n) is 5.54.